The number of hydrogen-bond acceptors (Lipinski definition) is 4. The van der Waals surface area contributed by atoms with E-state index in [9.17, 15) is 4.79 Å². The molecule has 2 aliphatic rings. The summed E-state index contributed by atoms with van der Waals surface area (Å²) < 4.78 is 7.34. The zero-order valence-corrected chi connectivity index (χ0v) is 11.2. The summed E-state index contributed by atoms with van der Waals surface area (Å²) in [5.74, 6) is 0.710. The SMILES string of the molecule is CC1(NC(=O)c2cn3c(n2)NCCC3)CCOCC1. The van der Waals surface area contributed by atoms with Crippen molar-refractivity contribution in [2.24, 2.45) is 0 Å². The van der Waals surface area contributed by atoms with Crippen molar-refractivity contribution in [1.29, 1.82) is 0 Å². The first-order valence-corrected chi connectivity index (χ1v) is 6.88. The number of aryl methyl sites for hydroxylation is 1. The molecule has 0 spiro atoms. The molecule has 2 aliphatic heterocycles. The summed E-state index contributed by atoms with van der Waals surface area (Å²) in [5, 5.41) is 6.30. The minimum absolute atomic E-state index is 0.0897. The smallest absolute Gasteiger partial charge is 0.271 e. The fraction of sp³-hybridized carbons (Fsp3) is 0.692. The molecule has 0 radical (unpaired) electrons. The fourth-order valence-electron chi connectivity index (χ4n) is 2.57. The van der Waals surface area contributed by atoms with Crippen LogP contribution in [0.1, 0.15) is 36.7 Å². The lowest BCUT2D eigenvalue weighted by Gasteiger charge is -2.34. The van der Waals surface area contributed by atoms with Gasteiger partial charge in [0.25, 0.3) is 5.91 Å². The van der Waals surface area contributed by atoms with Crippen LogP contribution in [0.15, 0.2) is 6.20 Å². The maximum absolute atomic E-state index is 12.3. The summed E-state index contributed by atoms with van der Waals surface area (Å²) in [6, 6.07) is 0. The molecule has 0 aliphatic carbocycles. The Morgan fingerprint density at radius 3 is 3.05 bits per heavy atom. The Morgan fingerprint density at radius 1 is 1.53 bits per heavy atom. The second-order valence-corrected chi connectivity index (χ2v) is 5.55. The molecule has 6 heteroatoms. The number of anilines is 1. The third kappa shape index (κ3) is 2.58. The lowest BCUT2D eigenvalue weighted by Crippen LogP contribution is -2.49. The lowest BCUT2D eigenvalue weighted by molar-refractivity contribution is 0.0421. The number of carbonyl (C=O) groups is 1. The van der Waals surface area contributed by atoms with Crippen LogP contribution in [0.2, 0.25) is 0 Å². The first kappa shape index (κ1) is 12.5. The topological polar surface area (TPSA) is 68.2 Å². The van der Waals surface area contributed by atoms with Crippen LogP contribution in [0, 0.1) is 0 Å². The molecule has 0 bridgehead atoms. The average molecular weight is 264 g/mol. The van der Waals surface area contributed by atoms with E-state index in [2.05, 4.69) is 22.5 Å². The number of imidazole rings is 1. The van der Waals surface area contributed by atoms with Gasteiger partial charge in [0.15, 0.2) is 0 Å². The number of amides is 1. The van der Waals surface area contributed by atoms with E-state index in [1.165, 1.54) is 0 Å². The zero-order valence-electron chi connectivity index (χ0n) is 11.2. The molecule has 1 aromatic heterocycles. The number of nitrogens with zero attached hydrogens (tertiary/aromatic N) is 2. The molecule has 2 N–H and O–H groups in total. The Labute approximate surface area is 112 Å². The van der Waals surface area contributed by atoms with Gasteiger partial charge < -0.3 is 19.9 Å². The minimum Gasteiger partial charge on any atom is -0.381 e. The highest BCUT2D eigenvalue weighted by Crippen LogP contribution is 2.21. The van der Waals surface area contributed by atoms with Crippen LogP contribution in [-0.4, -0.2) is 40.8 Å². The predicted molar refractivity (Wildman–Crippen MR) is 71.3 cm³/mol. The molecule has 1 fully saturated rings. The van der Waals surface area contributed by atoms with Gasteiger partial charge in [0.1, 0.15) is 5.69 Å². The van der Waals surface area contributed by atoms with Crippen LogP contribution in [-0.2, 0) is 11.3 Å². The van der Waals surface area contributed by atoms with E-state index >= 15 is 0 Å². The number of nitrogens with one attached hydrogen (secondary N) is 2. The molecular weight excluding hydrogens is 244 g/mol. The van der Waals surface area contributed by atoms with Gasteiger partial charge in [-0.15, -0.1) is 0 Å². The Kier molecular flexibility index (Phi) is 3.18. The molecule has 0 atom stereocenters. The quantitative estimate of drug-likeness (QED) is 0.836. The van der Waals surface area contributed by atoms with Crippen molar-refractivity contribution < 1.29 is 9.53 Å². The van der Waals surface area contributed by atoms with E-state index in [0.717, 1.165) is 38.3 Å². The van der Waals surface area contributed by atoms with Crippen molar-refractivity contribution in [1.82, 2.24) is 14.9 Å². The molecule has 19 heavy (non-hydrogen) atoms. The van der Waals surface area contributed by atoms with Crippen molar-refractivity contribution in [2.45, 2.75) is 38.3 Å². The summed E-state index contributed by atoms with van der Waals surface area (Å²) >= 11 is 0. The number of aromatic nitrogens is 2. The third-order valence-corrected chi connectivity index (χ3v) is 3.88. The van der Waals surface area contributed by atoms with E-state index in [-0.39, 0.29) is 11.4 Å². The average Bonchev–Trinajstić information content (AvgIpc) is 2.83. The molecule has 0 aromatic carbocycles. The van der Waals surface area contributed by atoms with Crippen LogP contribution >= 0.6 is 0 Å². The highest BCUT2D eigenvalue weighted by Gasteiger charge is 2.30. The highest BCUT2D eigenvalue weighted by atomic mass is 16.5. The highest BCUT2D eigenvalue weighted by molar-refractivity contribution is 5.93. The van der Waals surface area contributed by atoms with Gasteiger partial charge in [-0.25, -0.2) is 4.98 Å². The normalized spacial score (nSPS) is 21.3. The van der Waals surface area contributed by atoms with Gasteiger partial charge in [0, 0.05) is 38.0 Å². The number of rotatable bonds is 2. The van der Waals surface area contributed by atoms with Crippen molar-refractivity contribution in [3.05, 3.63) is 11.9 Å². The Balaban J connectivity index is 1.71. The number of hydrogen-bond donors (Lipinski definition) is 2. The first-order valence-electron chi connectivity index (χ1n) is 6.88. The number of fused-ring (bicyclic) bond motifs is 1. The Morgan fingerprint density at radius 2 is 2.32 bits per heavy atom. The standard InChI is InChI=1S/C13H20N4O2/c1-13(3-7-19-8-4-13)16-11(18)10-9-17-6-2-5-14-12(17)15-10/h9H,2-8H2,1H3,(H,14,15)(H,16,18). The first-order chi connectivity index (χ1) is 9.16. The van der Waals surface area contributed by atoms with Gasteiger partial charge in [0.05, 0.1) is 0 Å². The summed E-state index contributed by atoms with van der Waals surface area (Å²) in [5.41, 5.74) is 0.324. The van der Waals surface area contributed by atoms with Crippen molar-refractivity contribution >= 4 is 11.9 Å². The number of carbonyl (C=O) groups excluding carboxylic acids is 1. The van der Waals surface area contributed by atoms with Crippen molar-refractivity contribution in [3.63, 3.8) is 0 Å². The second kappa shape index (κ2) is 4.85. The maximum atomic E-state index is 12.3. The van der Waals surface area contributed by atoms with Gasteiger partial charge in [-0.2, -0.15) is 0 Å². The van der Waals surface area contributed by atoms with E-state index in [0.29, 0.717) is 18.9 Å². The van der Waals surface area contributed by atoms with E-state index < -0.39 is 0 Å². The molecule has 6 nitrogen and oxygen atoms in total. The molecule has 0 unspecified atom stereocenters. The third-order valence-electron chi connectivity index (χ3n) is 3.88. The molecule has 3 rings (SSSR count). The largest absolute Gasteiger partial charge is 0.381 e. The van der Waals surface area contributed by atoms with Gasteiger partial charge in [-0.05, 0) is 26.2 Å². The van der Waals surface area contributed by atoms with E-state index in [1.807, 2.05) is 10.8 Å². The van der Waals surface area contributed by atoms with Gasteiger partial charge in [-0.3, -0.25) is 4.79 Å². The predicted octanol–water partition coefficient (Wildman–Crippen LogP) is 0.998. The molecule has 1 aromatic rings. The molecule has 1 saturated heterocycles. The zero-order chi connectivity index (χ0) is 13.3. The molecular formula is C13H20N4O2. The maximum Gasteiger partial charge on any atom is 0.271 e. The van der Waals surface area contributed by atoms with Crippen LogP contribution in [0.25, 0.3) is 0 Å². The second-order valence-electron chi connectivity index (χ2n) is 5.55. The summed E-state index contributed by atoms with van der Waals surface area (Å²) in [7, 11) is 0. The summed E-state index contributed by atoms with van der Waals surface area (Å²) in [6.45, 7) is 5.33. The fourth-order valence-corrected chi connectivity index (χ4v) is 2.57. The van der Waals surface area contributed by atoms with Gasteiger partial charge >= 0.3 is 0 Å². The molecule has 1 amide bonds. The van der Waals surface area contributed by atoms with Crippen LogP contribution in [0.3, 0.4) is 0 Å². The van der Waals surface area contributed by atoms with Crippen LogP contribution < -0.4 is 10.6 Å². The monoisotopic (exact) mass is 264 g/mol. The summed E-state index contributed by atoms with van der Waals surface area (Å²) in [4.78, 5) is 16.6. The van der Waals surface area contributed by atoms with E-state index in [1.54, 1.807) is 0 Å². The van der Waals surface area contributed by atoms with Crippen molar-refractivity contribution in [3.8, 4) is 0 Å². The molecule has 0 saturated carbocycles. The lowest BCUT2D eigenvalue weighted by atomic mass is 9.92. The van der Waals surface area contributed by atoms with Crippen LogP contribution in [0.4, 0.5) is 5.95 Å². The van der Waals surface area contributed by atoms with Crippen LogP contribution in [0.5, 0.6) is 0 Å². The molecule has 104 valence electrons. The minimum atomic E-state index is -0.174. The van der Waals surface area contributed by atoms with Gasteiger partial charge in [0.2, 0.25) is 5.95 Å². The summed E-state index contributed by atoms with van der Waals surface area (Å²) in [6.07, 6.45) is 4.61. The Bertz CT molecular complexity index is 453. The number of ether oxygens (including phenoxy) is 1. The van der Waals surface area contributed by atoms with Gasteiger partial charge in [-0.1, -0.05) is 0 Å². The Hall–Kier alpha value is -1.56. The van der Waals surface area contributed by atoms with Crippen molar-refractivity contribution in [2.75, 3.05) is 25.1 Å². The van der Waals surface area contributed by atoms with E-state index in [4.69, 9.17) is 4.74 Å². The molecule has 3 heterocycles.